The fraction of sp³-hybridized carbons (Fsp3) is 0.167. The molecule has 3 aliphatic heterocycles. The number of phenols is 1. The standard InChI is InChI=1S/C18H13NO5/c20-10-2-3-11-12(6-10)19-13-7-22-18(21)17(13)16(11)9-1-4-14-15(5-9)24-8-23-14/h1-6,16,19-20H,7-8H2/t16-/m1/s1. The van der Waals surface area contributed by atoms with E-state index in [0.717, 1.165) is 22.5 Å². The average molecular weight is 323 g/mol. The zero-order valence-corrected chi connectivity index (χ0v) is 12.5. The predicted octanol–water partition coefficient (Wildman–Crippen LogP) is 2.49. The van der Waals surface area contributed by atoms with E-state index in [1.807, 2.05) is 24.3 Å². The number of nitrogens with one attached hydrogen (secondary N) is 1. The number of hydrogen-bond acceptors (Lipinski definition) is 6. The van der Waals surface area contributed by atoms with Crippen LogP contribution in [0.15, 0.2) is 47.7 Å². The number of carbonyl (C=O) groups excluding carboxylic acids is 1. The average Bonchev–Trinajstić information content (AvgIpc) is 3.19. The molecular weight excluding hydrogens is 310 g/mol. The van der Waals surface area contributed by atoms with Gasteiger partial charge in [-0.2, -0.15) is 0 Å². The van der Waals surface area contributed by atoms with Crippen molar-refractivity contribution in [2.24, 2.45) is 0 Å². The van der Waals surface area contributed by atoms with Gasteiger partial charge in [0.15, 0.2) is 11.5 Å². The maximum absolute atomic E-state index is 12.3. The minimum absolute atomic E-state index is 0.167. The third kappa shape index (κ3) is 1.79. The second-order valence-electron chi connectivity index (χ2n) is 5.91. The lowest BCUT2D eigenvalue weighted by atomic mass is 9.81. The van der Waals surface area contributed by atoms with Crippen LogP contribution in [0.1, 0.15) is 17.0 Å². The molecule has 0 saturated heterocycles. The summed E-state index contributed by atoms with van der Waals surface area (Å²) in [6.45, 7) is 0.412. The molecule has 0 spiro atoms. The van der Waals surface area contributed by atoms with Gasteiger partial charge in [0.25, 0.3) is 0 Å². The van der Waals surface area contributed by atoms with Gasteiger partial charge in [0.2, 0.25) is 6.79 Å². The molecule has 0 fully saturated rings. The van der Waals surface area contributed by atoms with Gasteiger partial charge in [-0.25, -0.2) is 4.79 Å². The molecule has 6 heteroatoms. The molecule has 0 aliphatic carbocycles. The quantitative estimate of drug-likeness (QED) is 0.785. The molecule has 120 valence electrons. The molecule has 0 aromatic heterocycles. The van der Waals surface area contributed by atoms with E-state index in [0.29, 0.717) is 17.1 Å². The lowest BCUT2D eigenvalue weighted by Gasteiger charge is -2.27. The maximum Gasteiger partial charge on any atom is 0.337 e. The summed E-state index contributed by atoms with van der Waals surface area (Å²) in [6.07, 6.45) is 0. The first-order chi connectivity index (χ1) is 11.7. The van der Waals surface area contributed by atoms with Crippen LogP contribution in [0.4, 0.5) is 5.69 Å². The van der Waals surface area contributed by atoms with Gasteiger partial charge in [-0.3, -0.25) is 0 Å². The number of fused-ring (bicyclic) bond motifs is 2. The number of aromatic hydroxyl groups is 1. The monoisotopic (exact) mass is 323 g/mol. The first-order valence-electron chi connectivity index (χ1n) is 7.60. The molecule has 3 heterocycles. The van der Waals surface area contributed by atoms with E-state index in [-0.39, 0.29) is 31.0 Å². The zero-order valence-electron chi connectivity index (χ0n) is 12.5. The number of benzene rings is 2. The van der Waals surface area contributed by atoms with Crippen molar-refractivity contribution in [1.29, 1.82) is 0 Å². The molecule has 2 N–H and O–H groups in total. The smallest absolute Gasteiger partial charge is 0.337 e. The van der Waals surface area contributed by atoms with E-state index in [4.69, 9.17) is 14.2 Å². The molecule has 2 aromatic rings. The van der Waals surface area contributed by atoms with Crippen LogP contribution in [0, 0.1) is 0 Å². The maximum atomic E-state index is 12.3. The summed E-state index contributed by atoms with van der Waals surface area (Å²) in [5, 5.41) is 13.0. The van der Waals surface area contributed by atoms with Crippen molar-refractivity contribution in [3.8, 4) is 17.2 Å². The first-order valence-corrected chi connectivity index (χ1v) is 7.60. The van der Waals surface area contributed by atoms with Crippen molar-refractivity contribution in [3.05, 3.63) is 58.8 Å². The fourth-order valence-electron chi connectivity index (χ4n) is 3.47. The van der Waals surface area contributed by atoms with Crippen LogP contribution < -0.4 is 14.8 Å². The molecule has 5 rings (SSSR count). The zero-order chi connectivity index (χ0) is 16.3. The SMILES string of the molecule is O=C1OCC2=C1[C@H](c1ccc3c(c1)OCO3)c1ccc(O)cc1N2. The van der Waals surface area contributed by atoms with Gasteiger partial charge < -0.3 is 24.6 Å². The molecule has 0 bridgehead atoms. The van der Waals surface area contributed by atoms with Gasteiger partial charge in [-0.1, -0.05) is 12.1 Å². The van der Waals surface area contributed by atoms with Gasteiger partial charge in [-0.05, 0) is 29.3 Å². The molecule has 24 heavy (non-hydrogen) atoms. The molecule has 3 aliphatic rings. The first kappa shape index (κ1) is 13.3. The van der Waals surface area contributed by atoms with Crippen LogP contribution in [0.2, 0.25) is 0 Å². The highest BCUT2D eigenvalue weighted by Crippen LogP contribution is 2.47. The Morgan fingerprint density at radius 1 is 1.04 bits per heavy atom. The number of carbonyl (C=O) groups is 1. The molecule has 0 unspecified atom stereocenters. The van der Waals surface area contributed by atoms with E-state index in [1.54, 1.807) is 12.1 Å². The lowest BCUT2D eigenvalue weighted by molar-refractivity contribution is -0.136. The summed E-state index contributed by atoms with van der Waals surface area (Å²) in [7, 11) is 0. The van der Waals surface area contributed by atoms with Crippen LogP contribution in [0.3, 0.4) is 0 Å². The molecule has 0 amide bonds. The highest BCUT2D eigenvalue weighted by atomic mass is 16.7. The van der Waals surface area contributed by atoms with Crippen molar-refractivity contribution in [2.45, 2.75) is 5.92 Å². The van der Waals surface area contributed by atoms with E-state index in [2.05, 4.69) is 5.32 Å². The van der Waals surface area contributed by atoms with Crippen molar-refractivity contribution >= 4 is 11.7 Å². The highest BCUT2D eigenvalue weighted by molar-refractivity contribution is 5.97. The number of cyclic esters (lactones) is 1. The number of esters is 1. The second kappa shape index (κ2) is 4.67. The Morgan fingerprint density at radius 3 is 2.83 bits per heavy atom. The predicted molar refractivity (Wildman–Crippen MR) is 84.1 cm³/mol. The van der Waals surface area contributed by atoms with Crippen molar-refractivity contribution in [3.63, 3.8) is 0 Å². The summed E-state index contributed by atoms with van der Waals surface area (Å²) in [4.78, 5) is 12.3. The summed E-state index contributed by atoms with van der Waals surface area (Å²) < 4.78 is 16.0. The van der Waals surface area contributed by atoms with Crippen molar-refractivity contribution in [1.82, 2.24) is 0 Å². The van der Waals surface area contributed by atoms with Gasteiger partial charge >= 0.3 is 5.97 Å². The Bertz CT molecular complexity index is 918. The largest absolute Gasteiger partial charge is 0.508 e. The second-order valence-corrected chi connectivity index (χ2v) is 5.91. The minimum Gasteiger partial charge on any atom is -0.508 e. The third-order valence-corrected chi connectivity index (χ3v) is 4.54. The number of ether oxygens (including phenoxy) is 3. The minimum atomic E-state index is -0.320. The summed E-state index contributed by atoms with van der Waals surface area (Å²) in [5.41, 5.74) is 3.94. The van der Waals surface area contributed by atoms with E-state index >= 15 is 0 Å². The topological polar surface area (TPSA) is 77.0 Å². The van der Waals surface area contributed by atoms with Gasteiger partial charge in [0.1, 0.15) is 12.4 Å². The number of phenolic OH excluding ortho intramolecular Hbond substituents is 1. The van der Waals surface area contributed by atoms with E-state index in [1.165, 1.54) is 0 Å². The van der Waals surface area contributed by atoms with Gasteiger partial charge in [0, 0.05) is 17.7 Å². The number of anilines is 1. The van der Waals surface area contributed by atoms with E-state index < -0.39 is 0 Å². The summed E-state index contributed by atoms with van der Waals surface area (Å²) in [6, 6.07) is 10.8. The molecule has 6 nitrogen and oxygen atoms in total. The van der Waals surface area contributed by atoms with Crippen LogP contribution in [0.5, 0.6) is 17.2 Å². The fourth-order valence-corrected chi connectivity index (χ4v) is 3.47. The molecule has 0 saturated carbocycles. The van der Waals surface area contributed by atoms with Crippen LogP contribution in [-0.2, 0) is 9.53 Å². The number of hydrogen-bond donors (Lipinski definition) is 2. The Hall–Kier alpha value is -3.15. The van der Waals surface area contributed by atoms with Gasteiger partial charge in [-0.15, -0.1) is 0 Å². The summed E-state index contributed by atoms with van der Waals surface area (Å²) >= 11 is 0. The van der Waals surface area contributed by atoms with Crippen LogP contribution >= 0.6 is 0 Å². The van der Waals surface area contributed by atoms with E-state index in [9.17, 15) is 9.90 Å². The Balaban J connectivity index is 1.71. The van der Waals surface area contributed by atoms with Crippen molar-refractivity contribution < 1.29 is 24.1 Å². The molecule has 0 radical (unpaired) electrons. The van der Waals surface area contributed by atoms with Crippen LogP contribution in [0.25, 0.3) is 0 Å². The third-order valence-electron chi connectivity index (χ3n) is 4.54. The number of rotatable bonds is 1. The Labute approximate surface area is 137 Å². The molecule has 2 aromatic carbocycles. The Morgan fingerprint density at radius 2 is 1.92 bits per heavy atom. The summed E-state index contributed by atoms with van der Waals surface area (Å²) in [5.74, 6) is 0.932. The van der Waals surface area contributed by atoms with Crippen LogP contribution in [-0.4, -0.2) is 24.5 Å². The molecular formula is C18H13NO5. The van der Waals surface area contributed by atoms with Gasteiger partial charge in [0.05, 0.1) is 11.3 Å². The molecule has 1 atom stereocenters. The highest BCUT2D eigenvalue weighted by Gasteiger charge is 2.38. The lowest BCUT2D eigenvalue weighted by Crippen LogP contribution is -2.19. The van der Waals surface area contributed by atoms with Crippen molar-refractivity contribution in [2.75, 3.05) is 18.7 Å². The Kier molecular flexibility index (Phi) is 2.59. The normalized spacial score (nSPS) is 20.3.